The molecule has 5 heteroatoms. The molecule has 0 aliphatic heterocycles. The van der Waals surface area contributed by atoms with Crippen molar-refractivity contribution in [2.24, 2.45) is 5.92 Å². The molecule has 1 saturated carbocycles. The molecule has 2 aromatic rings. The smallest absolute Gasteiger partial charge is 0.220 e. The monoisotopic (exact) mass is 284 g/mol. The summed E-state index contributed by atoms with van der Waals surface area (Å²) < 4.78 is 1.93. The van der Waals surface area contributed by atoms with Crippen molar-refractivity contribution in [1.29, 1.82) is 0 Å². The van der Waals surface area contributed by atoms with Gasteiger partial charge in [0.2, 0.25) is 5.91 Å². The largest absolute Gasteiger partial charge is 0.354 e. The topological polar surface area (TPSA) is 59.8 Å². The number of hydrogen-bond acceptors (Lipinski definition) is 3. The minimum atomic E-state index is 0.162. The maximum Gasteiger partial charge on any atom is 0.220 e. The van der Waals surface area contributed by atoms with Gasteiger partial charge in [-0.25, -0.2) is 0 Å². The van der Waals surface area contributed by atoms with Crippen LogP contribution in [0, 0.1) is 12.8 Å². The fraction of sp³-hybridized carbons (Fsp3) is 0.438. The molecule has 5 nitrogen and oxygen atoms in total. The number of amides is 1. The van der Waals surface area contributed by atoms with Gasteiger partial charge in [-0.15, -0.1) is 0 Å². The average Bonchev–Trinajstić information content (AvgIpc) is 3.22. The lowest BCUT2D eigenvalue weighted by atomic mass is 10.2. The van der Waals surface area contributed by atoms with E-state index in [1.165, 1.54) is 12.8 Å². The van der Waals surface area contributed by atoms with Crippen LogP contribution in [0.4, 0.5) is 0 Å². The summed E-state index contributed by atoms with van der Waals surface area (Å²) in [5.74, 6) is 0.795. The molecule has 0 unspecified atom stereocenters. The number of carbonyl (C=O) groups is 1. The van der Waals surface area contributed by atoms with Crippen LogP contribution in [-0.4, -0.2) is 27.2 Å². The molecule has 1 aliphatic carbocycles. The predicted molar refractivity (Wildman–Crippen MR) is 80.5 cm³/mol. The Morgan fingerprint density at radius 2 is 2.33 bits per heavy atom. The zero-order valence-electron chi connectivity index (χ0n) is 12.2. The van der Waals surface area contributed by atoms with Gasteiger partial charge in [-0.3, -0.25) is 14.5 Å². The summed E-state index contributed by atoms with van der Waals surface area (Å²) >= 11 is 0. The van der Waals surface area contributed by atoms with E-state index in [0.717, 1.165) is 17.0 Å². The third-order valence-electron chi connectivity index (χ3n) is 3.76. The highest BCUT2D eigenvalue weighted by Crippen LogP contribution is 2.32. The van der Waals surface area contributed by atoms with Crippen LogP contribution in [0.1, 0.15) is 25.0 Å². The molecular weight excluding hydrogens is 264 g/mol. The number of hydrogen-bond donors (Lipinski definition) is 1. The highest BCUT2D eigenvalue weighted by Gasteiger charge is 2.23. The van der Waals surface area contributed by atoms with Crippen molar-refractivity contribution in [3.05, 3.63) is 36.3 Å². The maximum absolute atomic E-state index is 11.6. The third-order valence-corrected chi connectivity index (χ3v) is 3.76. The summed E-state index contributed by atoms with van der Waals surface area (Å²) in [5, 5.41) is 7.54. The minimum Gasteiger partial charge on any atom is -0.354 e. The second-order valence-corrected chi connectivity index (χ2v) is 5.63. The molecule has 1 N–H and O–H groups in total. The Bertz CT molecular complexity index is 616. The van der Waals surface area contributed by atoms with E-state index in [2.05, 4.69) is 15.4 Å². The van der Waals surface area contributed by atoms with Crippen molar-refractivity contribution in [2.75, 3.05) is 6.54 Å². The third kappa shape index (κ3) is 3.68. The summed E-state index contributed by atoms with van der Waals surface area (Å²) in [6.07, 6.45) is 6.66. The van der Waals surface area contributed by atoms with Crippen molar-refractivity contribution in [2.45, 2.75) is 32.7 Å². The lowest BCUT2D eigenvalue weighted by molar-refractivity contribution is -0.121. The molecule has 0 bridgehead atoms. The van der Waals surface area contributed by atoms with Crippen molar-refractivity contribution in [3.63, 3.8) is 0 Å². The summed E-state index contributed by atoms with van der Waals surface area (Å²) in [4.78, 5) is 15.8. The molecule has 3 rings (SSSR count). The van der Waals surface area contributed by atoms with Gasteiger partial charge in [0.25, 0.3) is 0 Å². The molecule has 1 amide bonds. The van der Waals surface area contributed by atoms with Gasteiger partial charge in [0.1, 0.15) is 0 Å². The highest BCUT2D eigenvalue weighted by atomic mass is 16.1. The molecule has 1 fully saturated rings. The first kappa shape index (κ1) is 13.8. The zero-order valence-corrected chi connectivity index (χ0v) is 12.2. The molecule has 110 valence electrons. The summed E-state index contributed by atoms with van der Waals surface area (Å²) in [6, 6.07) is 5.95. The Morgan fingerprint density at radius 3 is 3.05 bits per heavy atom. The van der Waals surface area contributed by atoms with Crippen LogP contribution in [0.15, 0.2) is 30.6 Å². The van der Waals surface area contributed by atoms with Crippen LogP contribution >= 0.6 is 0 Å². The molecular formula is C16H20N4O. The van der Waals surface area contributed by atoms with E-state index in [-0.39, 0.29) is 5.91 Å². The Balaban J connectivity index is 1.56. The quantitative estimate of drug-likeness (QED) is 0.884. The summed E-state index contributed by atoms with van der Waals surface area (Å²) in [6.45, 7) is 3.35. The maximum atomic E-state index is 11.6. The molecule has 0 atom stereocenters. The predicted octanol–water partition coefficient (Wildman–Crippen LogP) is 2.17. The van der Waals surface area contributed by atoms with Crippen molar-refractivity contribution in [3.8, 4) is 11.3 Å². The molecule has 0 aromatic carbocycles. The van der Waals surface area contributed by atoms with E-state index >= 15 is 0 Å². The lowest BCUT2D eigenvalue weighted by Gasteiger charge is -2.06. The Hall–Kier alpha value is -2.17. The Labute approximate surface area is 124 Å². The number of nitrogens with zero attached hydrogens (tertiary/aromatic N) is 3. The number of aryl methyl sites for hydroxylation is 1. The molecule has 2 aromatic heterocycles. The van der Waals surface area contributed by atoms with Crippen LogP contribution < -0.4 is 5.32 Å². The zero-order chi connectivity index (χ0) is 14.7. The van der Waals surface area contributed by atoms with E-state index in [0.29, 0.717) is 25.4 Å². The molecule has 1 aliphatic rings. The molecule has 0 saturated heterocycles. The second kappa shape index (κ2) is 6.08. The Kier molecular flexibility index (Phi) is 3.99. The van der Waals surface area contributed by atoms with Crippen LogP contribution in [0.3, 0.4) is 0 Å². The molecule has 0 spiro atoms. The number of rotatable bonds is 6. The molecule has 0 radical (unpaired) electrons. The fourth-order valence-corrected chi connectivity index (χ4v) is 2.35. The van der Waals surface area contributed by atoms with Crippen LogP contribution in [0.5, 0.6) is 0 Å². The van der Waals surface area contributed by atoms with Crippen molar-refractivity contribution in [1.82, 2.24) is 20.1 Å². The SMILES string of the molecule is Cc1cc(-c2cccnc2)nn1CCNC(=O)CC1CC1. The van der Waals surface area contributed by atoms with E-state index in [1.54, 1.807) is 6.20 Å². The van der Waals surface area contributed by atoms with Gasteiger partial charge in [-0.05, 0) is 43.9 Å². The lowest BCUT2D eigenvalue weighted by Crippen LogP contribution is -2.27. The van der Waals surface area contributed by atoms with Gasteiger partial charge >= 0.3 is 0 Å². The van der Waals surface area contributed by atoms with Crippen LogP contribution in [-0.2, 0) is 11.3 Å². The Morgan fingerprint density at radius 1 is 1.48 bits per heavy atom. The van der Waals surface area contributed by atoms with Gasteiger partial charge in [0, 0.05) is 36.6 Å². The number of nitrogens with one attached hydrogen (secondary N) is 1. The van der Waals surface area contributed by atoms with Crippen LogP contribution in [0.2, 0.25) is 0 Å². The molecule has 21 heavy (non-hydrogen) atoms. The highest BCUT2D eigenvalue weighted by molar-refractivity contribution is 5.76. The summed E-state index contributed by atoms with van der Waals surface area (Å²) in [7, 11) is 0. The van der Waals surface area contributed by atoms with Gasteiger partial charge in [-0.2, -0.15) is 5.10 Å². The number of pyridine rings is 1. The standard InChI is InChI=1S/C16H20N4O/c1-12-9-15(14-3-2-6-17-11-14)19-20(12)8-7-18-16(21)10-13-4-5-13/h2-3,6,9,11,13H,4-5,7-8,10H2,1H3,(H,18,21). The first-order valence-corrected chi connectivity index (χ1v) is 7.44. The normalized spacial score (nSPS) is 14.1. The van der Waals surface area contributed by atoms with E-state index in [9.17, 15) is 4.79 Å². The summed E-state index contributed by atoms with van der Waals surface area (Å²) in [5.41, 5.74) is 3.02. The average molecular weight is 284 g/mol. The second-order valence-electron chi connectivity index (χ2n) is 5.63. The van der Waals surface area contributed by atoms with Gasteiger partial charge in [0.15, 0.2) is 0 Å². The minimum absolute atomic E-state index is 0.162. The van der Waals surface area contributed by atoms with E-state index in [4.69, 9.17) is 0 Å². The van der Waals surface area contributed by atoms with Gasteiger partial charge < -0.3 is 5.32 Å². The van der Waals surface area contributed by atoms with Crippen molar-refractivity contribution < 1.29 is 4.79 Å². The van der Waals surface area contributed by atoms with E-state index in [1.807, 2.05) is 36.0 Å². The first-order valence-electron chi connectivity index (χ1n) is 7.44. The van der Waals surface area contributed by atoms with Crippen LogP contribution in [0.25, 0.3) is 11.3 Å². The first-order chi connectivity index (χ1) is 10.2. The van der Waals surface area contributed by atoms with Crippen molar-refractivity contribution >= 4 is 5.91 Å². The molecule has 2 heterocycles. The fourth-order valence-electron chi connectivity index (χ4n) is 2.35. The van der Waals surface area contributed by atoms with E-state index < -0.39 is 0 Å². The van der Waals surface area contributed by atoms with Gasteiger partial charge in [-0.1, -0.05) is 0 Å². The number of aromatic nitrogens is 3. The van der Waals surface area contributed by atoms with Gasteiger partial charge in [0.05, 0.1) is 12.2 Å². The number of carbonyl (C=O) groups excluding carboxylic acids is 1.